The third kappa shape index (κ3) is 4.55. The first-order valence-electron chi connectivity index (χ1n) is 11.1. The van der Waals surface area contributed by atoms with Gasteiger partial charge in [0.1, 0.15) is 17.3 Å². The summed E-state index contributed by atoms with van der Waals surface area (Å²) in [5, 5.41) is 11.1. The fourth-order valence-electron chi connectivity index (χ4n) is 3.94. The molecule has 0 spiro atoms. The van der Waals surface area contributed by atoms with Gasteiger partial charge in [0.2, 0.25) is 0 Å². The van der Waals surface area contributed by atoms with Gasteiger partial charge in [-0.3, -0.25) is 14.6 Å². The van der Waals surface area contributed by atoms with Crippen molar-refractivity contribution < 1.29 is 23.8 Å². The molecule has 1 fully saturated rings. The van der Waals surface area contributed by atoms with Gasteiger partial charge in [0.25, 0.3) is 11.7 Å². The molecule has 0 aliphatic carbocycles. The molecule has 7 heteroatoms. The van der Waals surface area contributed by atoms with Crippen molar-refractivity contribution in [2.45, 2.75) is 32.9 Å². The fraction of sp³-hybridized carbons (Fsp3) is 0.222. The summed E-state index contributed by atoms with van der Waals surface area (Å²) in [6, 6.07) is 14.0. The number of aliphatic hydroxyl groups excluding tert-OH is 1. The lowest BCUT2D eigenvalue weighted by molar-refractivity contribution is -0.140. The first-order chi connectivity index (χ1) is 16.4. The average molecular weight is 461 g/mol. The number of rotatable bonds is 7. The van der Waals surface area contributed by atoms with Crippen LogP contribution >= 0.6 is 0 Å². The Hall–Kier alpha value is -4.00. The lowest BCUT2D eigenvalue weighted by atomic mass is 9.94. The molecule has 6 nitrogen and oxygen atoms in total. The number of likely N-dealkylation sites (tertiary alicyclic amines) is 1. The number of halogens is 1. The number of hydrogen-bond donors (Lipinski definition) is 1. The molecule has 0 bridgehead atoms. The zero-order chi connectivity index (χ0) is 24.2. The monoisotopic (exact) mass is 460 g/mol. The first kappa shape index (κ1) is 23.2. The SMILES string of the molecule is CCCOc1ccc([C@H]2C(=C(O)c3ccc(C)c(F)c3)C(=O)C(=O)N2Cc2cccnc2)cc1. The van der Waals surface area contributed by atoms with Crippen LogP contribution in [0.3, 0.4) is 0 Å². The van der Waals surface area contributed by atoms with Gasteiger partial charge in [-0.25, -0.2) is 4.39 Å². The Morgan fingerprint density at radius 3 is 2.56 bits per heavy atom. The summed E-state index contributed by atoms with van der Waals surface area (Å²) < 4.78 is 19.9. The molecule has 1 amide bonds. The topological polar surface area (TPSA) is 79.7 Å². The number of carbonyl (C=O) groups is 2. The zero-order valence-corrected chi connectivity index (χ0v) is 19.0. The number of hydrogen-bond acceptors (Lipinski definition) is 5. The largest absolute Gasteiger partial charge is 0.507 e. The number of nitrogens with zero attached hydrogens (tertiary/aromatic N) is 2. The van der Waals surface area contributed by atoms with Crippen molar-refractivity contribution in [3.05, 3.63) is 101 Å². The van der Waals surface area contributed by atoms with E-state index in [2.05, 4.69) is 4.98 Å². The van der Waals surface area contributed by atoms with Crippen molar-refractivity contribution in [1.29, 1.82) is 0 Å². The highest BCUT2D eigenvalue weighted by atomic mass is 19.1. The van der Waals surface area contributed by atoms with E-state index in [1.54, 1.807) is 55.7 Å². The van der Waals surface area contributed by atoms with E-state index in [0.29, 0.717) is 23.5 Å². The van der Waals surface area contributed by atoms with Crippen LogP contribution in [0, 0.1) is 12.7 Å². The fourth-order valence-corrected chi connectivity index (χ4v) is 3.94. The molecule has 4 rings (SSSR count). The van der Waals surface area contributed by atoms with Gasteiger partial charge in [-0.05, 0) is 54.3 Å². The van der Waals surface area contributed by atoms with Gasteiger partial charge in [-0.15, -0.1) is 0 Å². The lowest BCUT2D eigenvalue weighted by Gasteiger charge is -2.25. The normalized spacial score (nSPS) is 17.3. The second-order valence-corrected chi connectivity index (χ2v) is 8.17. The Balaban J connectivity index is 1.82. The summed E-state index contributed by atoms with van der Waals surface area (Å²) in [7, 11) is 0. The van der Waals surface area contributed by atoms with E-state index < -0.39 is 29.3 Å². The zero-order valence-electron chi connectivity index (χ0n) is 19.0. The van der Waals surface area contributed by atoms with Crippen LogP contribution < -0.4 is 4.74 Å². The van der Waals surface area contributed by atoms with Gasteiger partial charge in [-0.2, -0.15) is 0 Å². The summed E-state index contributed by atoms with van der Waals surface area (Å²) >= 11 is 0. The van der Waals surface area contributed by atoms with Crippen LogP contribution in [-0.2, 0) is 16.1 Å². The highest BCUT2D eigenvalue weighted by molar-refractivity contribution is 6.46. The molecular formula is C27H25FN2O4. The van der Waals surface area contributed by atoms with E-state index in [0.717, 1.165) is 18.1 Å². The Bertz CT molecular complexity index is 1240. The second-order valence-electron chi connectivity index (χ2n) is 8.17. The van der Waals surface area contributed by atoms with Gasteiger partial charge in [0.15, 0.2) is 0 Å². The molecule has 0 radical (unpaired) electrons. The van der Waals surface area contributed by atoms with Crippen LogP contribution in [0.4, 0.5) is 4.39 Å². The number of carbonyl (C=O) groups excluding carboxylic acids is 2. The first-order valence-corrected chi connectivity index (χ1v) is 11.1. The van der Waals surface area contributed by atoms with E-state index in [4.69, 9.17) is 4.74 Å². The van der Waals surface area contributed by atoms with Gasteiger partial charge < -0.3 is 14.7 Å². The number of Topliss-reactive ketones (excluding diaryl/α,β-unsaturated/α-hetero) is 1. The van der Waals surface area contributed by atoms with Crippen LogP contribution in [-0.4, -0.2) is 33.3 Å². The van der Waals surface area contributed by atoms with E-state index in [-0.39, 0.29) is 17.7 Å². The van der Waals surface area contributed by atoms with Gasteiger partial charge in [-0.1, -0.05) is 37.3 Å². The minimum absolute atomic E-state index is 0.0839. The van der Waals surface area contributed by atoms with E-state index >= 15 is 0 Å². The van der Waals surface area contributed by atoms with Crippen LogP contribution in [0.15, 0.2) is 72.6 Å². The summed E-state index contributed by atoms with van der Waals surface area (Å²) in [6.45, 7) is 4.30. The molecular weight excluding hydrogens is 435 g/mol. The van der Waals surface area contributed by atoms with Gasteiger partial charge in [0, 0.05) is 24.5 Å². The van der Waals surface area contributed by atoms with E-state index in [1.165, 1.54) is 17.0 Å². The van der Waals surface area contributed by atoms with Gasteiger partial charge in [0.05, 0.1) is 18.2 Å². The van der Waals surface area contributed by atoms with Crippen LogP contribution in [0.2, 0.25) is 0 Å². The molecule has 1 saturated heterocycles. The number of aliphatic hydroxyl groups is 1. The van der Waals surface area contributed by atoms with Crippen LogP contribution in [0.1, 0.15) is 41.6 Å². The molecule has 2 aromatic carbocycles. The maximum Gasteiger partial charge on any atom is 0.295 e. The smallest absolute Gasteiger partial charge is 0.295 e. The number of ether oxygens (including phenoxy) is 1. The molecule has 0 unspecified atom stereocenters. The number of benzene rings is 2. The molecule has 174 valence electrons. The molecule has 1 aliphatic rings. The second kappa shape index (κ2) is 9.87. The highest BCUT2D eigenvalue weighted by Gasteiger charge is 2.46. The number of aryl methyl sites for hydroxylation is 1. The highest BCUT2D eigenvalue weighted by Crippen LogP contribution is 2.40. The number of ketones is 1. The number of amides is 1. The van der Waals surface area contributed by atoms with Crippen molar-refractivity contribution in [3.63, 3.8) is 0 Å². The standard InChI is InChI=1S/C27H25FN2O4/c1-3-13-34-21-10-8-19(9-11-21)24-23(25(31)20-7-6-17(2)22(28)14-20)26(32)27(33)30(24)16-18-5-4-12-29-15-18/h4-12,14-15,24,31H,3,13,16H2,1-2H3/t24-/m0/s1. The molecule has 1 atom stereocenters. The summed E-state index contributed by atoms with van der Waals surface area (Å²) in [5.41, 5.74) is 1.82. The molecule has 1 N–H and O–H groups in total. The summed E-state index contributed by atoms with van der Waals surface area (Å²) in [6.07, 6.45) is 4.10. The average Bonchev–Trinajstić information content (AvgIpc) is 3.10. The Kier molecular flexibility index (Phi) is 6.72. The number of pyridine rings is 1. The van der Waals surface area contributed by atoms with Crippen molar-refractivity contribution in [2.24, 2.45) is 0 Å². The van der Waals surface area contributed by atoms with Crippen molar-refractivity contribution in [3.8, 4) is 5.75 Å². The quantitative estimate of drug-likeness (QED) is 0.307. The van der Waals surface area contributed by atoms with Crippen molar-refractivity contribution in [1.82, 2.24) is 9.88 Å². The Labute approximate surface area is 197 Å². The summed E-state index contributed by atoms with van der Waals surface area (Å²) in [5.74, 6) is -1.83. The van der Waals surface area contributed by atoms with E-state index in [9.17, 15) is 19.1 Å². The maximum absolute atomic E-state index is 14.2. The predicted octanol–water partition coefficient (Wildman–Crippen LogP) is 4.94. The minimum Gasteiger partial charge on any atom is -0.507 e. The molecule has 1 aromatic heterocycles. The third-order valence-corrected chi connectivity index (χ3v) is 5.73. The van der Waals surface area contributed by atoms with Crippen LogP contribution in [0.25, 0.3) is 5.76 Å². The Morgan fingerprint density at radius 1 is 1.15 bits per heavy atom. The van der Waals surface area contributed by atoms with Gasteiger partial charge >= 0.3 is 0 Å². The lowest BCUT2D eigenvalue weighted by Crippen LogP contribution is -2.29. The van der Waals surface area contributed by atoms with E-state index in [1.807, 2.05) is 6.92 Å². The Morgan fingerprint density at radius 2 is 1.91 bits per heavy atom. The molecule has 0 saturated carbocycles. The number of aromatic nitrogens is 1. The molecule has 3 aromatic rings. The molecule has 2 heterocycles. The molecule has 1 aliphatic heterocycles. The third-order valence-electron chi connectivity index (χ3n) is 5.73. The van der Waals surface area contributed by atoms with Crippen molar-refractivity contribution in [2.75, 3.05) is 6.61 Å². The predicted molar refractivity (Wildman–Crippen MR) is 125 cm³/mol. The minimum atomic E-state index is -0.857. The summed E-state index contributed by atoms with van der Waals surface area (Å²) in [4.78, 5) is 31.7. The molecule has 34 heavy (non-hydrogen) atoms. The maximum atomic E-state index is 14.2. The van der Waals surface area contributed by atoms with Crippen LogP contribution in [0.5, 0.6) is 5.75 Å². The van der Waals surface area contributed by atoms with Crippen molar-refractivity contribution >= 4 is 17.4 Å².